The summed E-state index contributed by atoms with van der Waals surface area (Å²) in [6, 6.07) is 0. The van der Waals surface area contributed by atoms with E-state index < -0.39 is 10.0 Å². The maximum absolute atomic E-state index is 11.7. The van der Waals surface area contributed by atoms with Gasteiger partial charge in [0, 0.05) is 13.1 Å². The predicted octanol–water partition coefficient (Wildman–Crippen LogP) is 0.121. The molecule has 4 nitrogen and oxygen atoms in total. The molecule has 5 heteroatoms. The lowest BCUT2D eigenvalue weighted by molar-refractivity contribution is 0.263. The lowest BCUT2D eigenvalue weighted by Gasteiger charge is -2.34. The molecule has 0 radical (unpaired) electrons. The van der Waals surface area contributed by atoms with Crippen molar-refractivity contribution in [2.24, 2.45) is 0 Å². The SMILES string of the molecule is O=S1(=O)CCNC2CCCCCN21. The monoisotopic (exact) mass is 204 g/mol. The van der Waals surface area contributed by atoms with Crippen LogP contribution in [0, 0.1) is 0 Å². The first-order valence-corrected chi connectivity index (χ1v) is 6.54. The first-order valence-electron chi connectivity index (χ1n) is 4.93. The second kappa shape index (κ2) is 3.55. The maximum atomic E-state index is 11.7. The van der Waals surface area contributed by atoms with Gasteiger partial charge >= 0.3 is 0 Å². The fourth-order valence-electron chi connectivity index (χ4n) is 2.09. The highest BCUT2D eigenvalue weighted by molar-refractivity contribution is 7.89. The number of rotatable bonds is 0. The molecule has 0 saturated carbocycles. The van der Waals surface area contributed by atoms with E-state index in [9.17, 15) is 8.42 Å². The van der Waals surface area contributed by atoms with Crippen molar-refractivity contribution in [1.82, 2.24) is 9.62 Å². The van der Waals surface area contributed by atoms with Gasteiger partial charge in [-0.3, -0.25) is 5.32 Å². The third-order valence-corrected chi connectivity index (χ3v) is 4.67. The minimum atomic E-state index is -2.94. The molecule has 0 bridgehead atoms. The van der Waals surface area contributed by atoms with Crippen LogP contribution in [-0.2, 0) is 10.0 Å². The van der Waals surface area contributed by atoms with Crippen LogP contribution < -0.4 is 5.32 Å². The normalized spacial score (nSPS) is 34.9. The minimum absolute atomic E-state index is 0.0845. The summed E-state index contributed by atoms with van der Waals surface area (Å²) in [6.07, 6.45) is 4.37. The molecule has 1 atom stereocenters. The maximum Gasteiger partial charge on any atom is 0.216 e. The molecule has 0 aromatic rings. The molecule has 76 valence electrons. The highest BCUT2D eigenvalue weighted by Gasteiger charge is 2.33. The molecular formula is C8H16N2O2S. The molecule has 0 amide bonds. The largest absolute Gasteiger partial charge is 0.300 e. The Kier molecular flexibility index (Phi) is 2.58. The molecule has 1 N–H and O–H groups in total. The molecule has 1 unspecified atom stereocenters. The zero-order valence-electron chi connectivity index (χ0n) is 7.70. The third kappa shape index (κ3) is 1.87. The van der Waals surface area contributed by atoms with E-state index in [1.807, 2.05) is 0 Å². The lowest BCUT2D eigenvalue weighted by Crippen LogP contribution is -2.55. The van der Waals surface area contributed by atoms with Gasteiger partial charge in [-0.15, -0.1) is 0 Å². The van der Waals surface area contributed by atoms with Gasteiger partial charge < -0.3 is 0 Å². The molecule has 0 aromatic heterocycles. The number of sulfonamides is 1. The van der Waals surface area contributed by atoms with Crippen molar-refractivity contribution in [3.8, 4) is 0 Å². The molecule has 2 aliphatic rings. The van der Waals surface area contributed by atoms with Gasteiger partial charge in [-0.1, -0.05) is 12.8 Å². The summed E-state index contributed by atoms with van der Waals surface area (Å²) in [5.41, 5.74) is 0. The summed E-state index contributed by atoms with van der Waals surface area (Å²) >= 11 is 0. The van der Waals surface area contributed by atoms with Gasteiger partial charge in [-0.05, 0) is 12.8 Å². The Hall–Kier alpha value is -0.130. The molecule has 2 fully saturated rings. The van der Waals surface area contributed by atoms with Crippen molar-refractivity contribution in [1.29, 1.82) is 0 Å². The van der Waals surface area contributed by atoms with Crippen LogP contribution in [0.5, 0.6) is 0 Å². The van der Waals surface area contributed by atoms with Gasteiger partial charge in [-0.25, -0.2) is 8.42 Å². The van der Waals surface area contributed by atoms with Gasteiger partial charge in [0.15, 0.2) is 0 Å². The third-order valence-electron chi connectivity index (χ3n) is 2.80. The summed E-state index contributed by atoms with van der Waals surface area (Å²) < 4.78 is 25.0. The van der Waals surface area contributed by atoms with E-state index in [0.717, 1.165) is 25.7 Å². The van der Waals surface area contributed by atoms with E-state index in [4.69, 9.17) is 0 Å². The predicted molar refractivity (Wildman–Crippen MR) is 50.8 cm³/mol. The minimum Gasteiger partial charge on any atom is -0.300 e. The van der Waals surface area contributed by atoms with Crippen LogP contribution in [0.15, 0.2) is 0 Å². The quantitative estimate of drug-likeness (QED) is 0.610. The average Bonchev–Trinajstić information content (AvgIpc) is 2.29. The van der Waals surface area contributed by atoms with E-state index in [2.05, 4.69) is 5.32 Å². The number of fused-ring (bicyclic) bond motifs is 1. The van der Waals surface area contributed by atoms with Crippen molar-refractivity contribution in [3.63, 3.8) is 0 Å². The Morgan fingerprint density at radius 2 is 2.08 bits per heavy atom. The first-order chi connectivity index (χ1) is 6.20. The fraction of sp³-hybridized carbons (Fsp3) is 1.00. The van der Waals surface area contributed by atoms with Crippen molar-refractivity contribution in [3.05, 3.63) is 0 Å². The Morgan fingerprint density at radius 1 is 1.23 bits per heavy atom. The number of nitrogens with zero attached hydrogens (tertiary/aromatic N) is 1. The lowest BCUT2D eigenvalue weighted by atomic mass is 10.2. The number of hydrogen-bond acceptors (Lipinski definition) is 3. The Labute approximate surface area is 79.4 Å². The smallest absolute Gasteiger partial charge is 0.216 e. The average molecular weight is 204 g/mol. The van der Waals surface area contributed by atoms with Gasteiger partial charge in [0.05, 0.1) is 11.9 Å². The zero-order chi connectivity index (χ0) is 9.31. The van der Waals surface area contributed by atoms with Crippen LogP contribution in [0.25, 0.3) is 0 Å². The highest BCUT2D eigenvalue weighted by Crippen LogP contribution is 2.20. The molecule has 2 rings (SSSR count). The molecule has 2 heterocycles. The molecule has 0 spiro atoms. The molecule has 2 saturated heterocycles. The van der Waals surface area contributed by atoms with E-state index >= 15 is 0 Å². The van der Waals surface area contributed by atoms with Gasteiger partial charge in [-0.2, -0.15) is 4.31 Å². The first kappa shape index (κ1) is 9.43. The topological polar surface area (TPSA) is 49.4 Å². The summed E-state index contributed by atoms with van der Waals surface area (Å²) in [4.78, 5) is 0. The van der Waals surface area contributed by atoms with Crippen molar-refractivity contribution in [2.45, 2.75) is 31.8 Å². The van der Waals surface area contributed by atoms with E-state index in [1.54, 1.807) is 4.31 Å². The number of hydrogen-bond donors (Lipinski definition) is 1. The van der Waals surface area contributed by atoms with Crippen LogP contribution >= 0.6 is 0 Å². The van der Waals surface area contributed by atoms with Crippen LogP contribution in [0.2, 0.25) is 0 Å². The van der Waals surface area contributed by atoms with E-state index in [0.29, 0.717) is 13.1 Å². The molecular weight excluding hydrogens is 188 g/mol. The Balaban J connectivity index is 2.19. The van der Waals surface area contributed by atoms with Crippen LogP contribution in [0.1, 0.15) is 25.7 Å². The zero-order valence-corrected chi connectivity index (χ0v) is 8.52. The van der Waals surface area contributed by atoms with Crippen molar-refractivity contribution < 1.29 is 8.42 Å². The molecule has 2 aliphatic heterocycles. The highest BCUT2D eigenvalue weighted by atomic mass is 32.2. The van der Waals surface area contributed by atoms with Crippen LogP contribution in [0.4, 0.5) is 0 Å². The molecule has 0 aliphatic carbocycles. The Bertz CT molecular complexity index is 276. The molecule has 13 heavy (non-hydrogen) atoms. The van der Waals surface area contributed by atoms with E-state index in [1.165, 1.54) is 0 Å². The van der Waals surface area contributed by atoms with Gasteiger partial charge in [0.2, 0.25) is 10.0 Å². The summed E-state index contributed by atoms with van der Waals surface area (Å²) in [6.45, 7) is 1.32. The van der Waals surface area contributed by atoms with Crippen LogP contribution in [0.3, 0.4) is 0 Å². The Morgan fingerprint density at radius 3 is 2.92 bits per heavy atom. The standard InChI is InChI=1S/C8H16N2O2S/c11-13(12)7-5-9-8-4-2-1-3-6-10(8)13/h8-9H,1-7H2. The van der Waals surface area contributed by atoms with Gasteiger partial charge in [0.1, 0.15) is 0 Å². The summed E-state index contributed by atoms with van der Waals surface area (Å²) in [5.74, 6) is 0.267. The fourth-order valence-corrected chi connectivity index (χ4v) is 3.68. The second-order valence-corrected chi connectivity index (χ2v) is 5.79. The second-order valence-electron chi connectivity index (χ2n) is 3.75. The number of nitrogens with one attached hydrogen (secondary N) is 1. The summed E-state index contributed by atoms with van der Waals surface area (Å²) in [5, 5.41) is 3.26. The van der Waals surface area contributed by atoms with E-state index in [-0.39, 0.29) is 11.9 Å². The summed E-state index contributed by atoms with van der Waals surface area (Å²) in [7, 11) is -2.94. The van der Waals surface area contributed by atoms with Crippen molar-refractivity contribution >= 4 is 10.0 Å². The molecule has 0 aromatic carbocycles. The van der Waals surface area contributed by atoms with Crippen molar-refractivity contribution in [2.75, 3.05) is 18.8 Å². The van der Waals surface area contributed by atoms with Crippen LogP contribution in [-0.4, -0.2) is 37.7 Å². The van der Waals surface area contributed by atoms with Gasteiger partial charge in [0.25, 0.3) is 0 Å².